The van der Waals surface area contributed by atoms with Gasteiger partial charge in [-0.15, -0.1) is 5.26 Å². The van der Waals surface area contributed by atoms with Gasteiger partial charge in [-0.1, -0.05) is 12.1 Å². The largest absolute Gasteiger partial charge is 0.453 e. The number of sulfonamides is 2. The lowest BCUT2D eigenvalue weighted by Crippen LogP contribution is -2.47. The molecule has 0 unspecified atom stereocenters. The maximum absolute atomic E-state index is 12.7. The van der Waals surface area contributed by atoms with Crippen LogP contribution in [0.3, 0.4) is 0 Å². The molecule has 18 heteroatoms. The molecular formula is C40H54N6O10S2. The second-order valence-electron chi connectivity index (χ2n) is 15.6. The van der Waals surface area contributed by atoms with E-state index in [1.807, 2.05) is 6.26 Å². The van der Waals surface area contributed by atoms with Gasteiger partial charge in [0.25, 0.3) is 6.26 Å². The van der Waals surface area contributed by atoms with Gasteiger partial charge < -0.3 is 29.3 Å². The number of benzene rings is 2. The molecule has 6 aliphatic rings. The van der Waals surface area contributed by atoms with E-state index in [2.05, 4.69) is 31.6 Å². The number of nitrogens with zero attached hydrogens (tertiary/aromatic N) is 3. The standard InChI is InChI=1S/C20H27N3O5S.C13H13NO.C7H14N2O4S/c1-28-20(25)23-10-8-15(9-11-23)29(26,27)22-19(24)21-18-16-6-2-4-13(16)12-14-5-3-7-17(14)18;14-8-15-13-11-5-1-3-9(11)7-10-4-2-6-12(10)13;1-13-7(10)9-4-2-6(3-5-9)14(8,11)12/h12,15H,2-11H2,1H3,(H2,21,22,24);7H,1-6H2;6H,2-5H2,1H3,(H2,8,11,12). The van der Waals surface area contributed by atoms with Gasteiger partial charge in [-0.3, -0.25) is 0 Å². The fourth-order valence-electron chi connectivity index (χ4n) is 9.23. The predicted octanol–water partition coefficient (Wildman–Crippen LogP) is 4.38. The average Bonchev–Trinajstić information content (AvgIpc) is 4.05. The Morgan fingerprint density at radius 1 is 0.672 bits per heavy atom. The molecule has 8 rings (SSSR count). The van der Waals surface area contributed by atoms with Crippen molar-refractivity contribution in [3.05, 3.63) is 56.6 Å². The maximum atomic E-state index is 12.7. The van der Waals surface area contributed by atoms with Crippen LogP contribution in [0.25, 0.3) is 0 Å². The number of fused-ring (bicyclic) bond motifs is 4. The molecule has 316 valence electrons. The fourth-order valence-corrected chi connectivity index (χ4v) is 11.4. The van der Waals surface area contributed by atoms with Crippen LogP contribution in [0, 0.1) is 11.5 Å². The number of likely N-dealkylation sites (tertiary alicyclic amines) is 2. The van der Waals surface area contributed by atoms with Crippen molar-refractivity contribution in [3.63, 3.8) is 0 Å². The highest BCUT2D eigenvalue weighted by molar-refractivity contribution is 7.90. The van der Waals surface area contributed by atoms with Gasteiger partial charge in [0.15, 0.2) is 0 Å². The fraction of sp³-hybridized carbons (Fsp3) is 0.600. The van der Waals surface area contributed by atoms with Crippen molar-refractivity contribution in [3.8, 4) is 12.0 Å². The summed E-state index contributed by atoms with van der Waals surface area (Å²) in [5.74, 6) is 0.903. The Morgan fingerprint density at radius 3 is 1.47 bits per heavy atom. The molecule has 2 fully saturated rings. The van der Waals surface area contributed by atoms with E-state index in [1.165, 1.54) is 70.2 Å². The van der Waals surface area contributed by atoms with Crippen LogP contribution in [-0.2, 0) is 80.9 Å². The lowest BCUT2D eigenvalue weighted by atomic mass is 9.99. The van der Waals surface area contributed by atoms with Crippen molar-refractivity contribution < 1.29 is 45.4 Å². The van der Waals surface area contributed by atoms with Gasteiger partial charge in [0.2, 0.25) is 20.0 Å². The summed E-state index contributed by atoms with van der Waals surface area (Å²) < 4.78 is 63.9. The summed E-state index contributed by atoms with van der Waals surface area (Å²) in [7, 11) is -4.69. The zero-order chi connectivity index (χ0) is 41.6. The normalized spacial score (nSPS) is 18.5. The van der Waals surface area contributed by atoms with Gasteiger partial charge in [0.05, 0.1) is 24.7 Å². The number of anilines is 1. The van der Waals surface area contributed by atoms with Crippen molar-refractivity contribution in [1.29, 1.82) is 5.26 Å². The summed E-state index contributed by atoms with van der Waals surface area (Å²) in [5, 5.41) is 15.3. The van der Waals surface area contributed by atoms with Gasteiger partial charge in [0, 0.05) is 31.9 Å². The second-order valence-corrected chi connectivity index (χ2v) is 19.4. The number of ether oxygens (including phenoxy) is 3. The summed E-state index contributed by atoms with van der Waals surface area (Å²) in [6.07, 6.45) is 15.1. The quantitative estimate of drug-likeness (QED) is 0.358. The lowest BCUT2D eigenvalue weighted by Gasteiger charge is -2.30. The number of hydrogen-bond donors (Lipinski definition) is 3. The number of methoxy groups -OCH3 is 2. The van der Waals surface area contributed by atoms with Crippen LogP contribution in [0.1, 0.15) is 95.9 Å². The van der Waals surface area contributed by atoms with E-state index in [4.69, 9.17) is 15.1 Å². The van der Waals surface area contributed by atoms with E-state index >= 15 is 0 Å². The highest BCUT2D eigenvalue weighted by atomic mass is 32.2. The van der Waals surface area contributed by atoms with E-state index < -0.39 is 48.8 Å². The van der Waals surface area contributed by atoms with Crippen LogP contribution in [0.4, 0.5) is 20.1 Å². The SMILES string of the molecule is COC(=O)N1CCC(S(=O)(=O)NC(=O)Nc2c3c(cc4c2CCC4)CCC3)CC1.COC(=O)N1CCC(S(N)(=O)=O)CC1.N#COc1c2c(cc3c1CCC3)CCC2. The number of aryl methyl sites for hydroxylation is 4. The van der Waals surface area contributed by atoms with Crippen molar-refractivity contribution in [2.24, 2.45) is 5.14 Å². The smallest absolute Gasteiger partial charge is 0.409 e. The van der Waals surface area contributed by atoms with Crippen molar-refractivity contribution in [2.75, 3.05) is 45.7 Å². The molecule has 58 heavy (non-hydrogen) atoms. The minimum Gasteiger partial charge on any atom is -0.453 e. The first-order chi connectivity index (χ1) is 27.7. The molecule has 4 amide bonds. The van der Waals surface area contributed by atoms with Crippen LogP contribution in [0.15, 0.2) is 12.1 Å². The van der Waals surface area contributed by atoms with Gasteiger partial charge in [-0.05, 0) is 147 Å². The number of amides is 4. The van der Waals surface area contributed by atoms with Gasteiger partial charge >= 0.3 is 18.2 Å². The molecule has 4 aliphatic carbocycles. The lowest BCUT2D eigenvalue weighted by molar-refractivity contribution is 0.115. The molecule has 2 aromatic carbocycles. The molecule has 0 saturated carbocycles. The number of nitrogens with one attached hydrogen (secondary N) is 2. The highest BCUT2D eigenvalue weighted by Gasteiger charge is 2.34. The Hall–Kier alpha value is -4.60. The first-order valence-electron chi connectivity index (χ1n) is 20.1. The number of urea groups is 1. The molecule has 2 aromatic rings. The molecule has 2 heterocycles. The van der Waals surface area contributed by atoms with Crippen molar-refractivity contribution >= 4 is 44.0 Å². The van der Waals surface area contributed by atoms with Crippen LogP contribution in [0.5, 0.6) is 5.75 Å². The third-order valence-corrected chi connectivity index (χ3v) is 15.4. The van der Waals surface area contributed by atoms with Crippen LogP contribution >= 0.6 is 0 Å². The zero-order valence-electron chi connectivity index (χ0n) is 33.3. The van der Waals surface area contributed by atoms with Gasteiger partial charge in [0.1, 0.15) is 5.75 Å². The number of piperidine rings is 2. The molecule has 4 N–H and O–H groups in total. The summed E-state index contributed by atoms with van der Waals surface area (Å²) in [4.78, 5) is 38.2. The van der Waals surface area contributed by atoms with E-state index in [1.54, 1.807) is 0 Å². The van der Waals surface area contributed by atoms with Gasteiger partial charge in [-0.25, -0.2) is 41.1 Å². The molecule has 0 radical (unpaired) electrons. The number of primary sulfonamides is 1. The van der Waals surface area contributed by atoms with Crippen LogP contribution in [-0.4, -0.2) is 95.8 Å². The number of carbonyl (C=O) groups is 3. The monoisotopic (exact) mass is 842 g/mol. The van der Waals surface area contributed by atoms with E-state index in [9.17, 15) is 31.2 Å². The predicted molar refractivity (Wildman–Crippen MR) is 215 cm³/mol. The number of nitriles is 1. The Kier molecular flexibility index (Phi) is 13.7. The number of nitrogens with two attached hydrogens (primary N) is 1. The summed E-state index contributed by atoms with van der Waals surface area (Å²) in [5.41, 5.74) is 11.1. The number of carbonyl (C=O) groups excluding carboxylic acids is 3. The topological polar surface area (TPSA) is 228 Å². The highest BCUT2D eigenvalue weighted by Crippen LogP contribution is 2.40. The minimum atomic E-state index is -3.83. The Labute approximate surface area is 340 Å². The molecule has 0 bridgehead atoms. The summed E-state index contributed by atoms with van der Waals surface area (Å²) >= 11 is 0. The molecule has 0 atom stereocenters. The van der Waals surface area contributed by atoms with Gasteiger partial charge in [-0.2, -0.15) is 0 Å². The van der Waals surface area contributed by atoms with Crippen LogP contribution < -0.4 is 19.9 Å². The van der Waals surface area contributed by atoms with E-state index in [0.717, 1.165) is 86.8 Å². The Balaban J connectivity index is 0.000000164. The number of rotatable bonds is 5. The second kappa shape index (κ2) is 18.5. The molecule has 0 spiro atoms. The maximum Gasteiger partial charge on any atom is 0.409 e. The van der Waals surface area contributed by atoms with Crippen molar-refractivity contribution in [1.82, 2.24) is 14.5 Å². The molecule has 2 aliphatic heterocycles. The molecule has 16 nitrogen and oxygen atoms in total. The molecule has 0 aromatic heterocycles. The Morgan fingerprint density at radius 2 is 1.07 bits per heavy atom. The third-order valence-electron chi connectivity index (χ3n) is 12.2. The molecule has 2 saturated heterocycles. The molecular weight excluding hydrogens is 789 g/mol. The van der Waals surface area contributed by atoms with Crippen molar-refractivity contribution in [2.45, 2.75) is 113 Å². The first kappa shape index (κ1) is 43.0. The van der Waals surface area contributed by atoms with E-state index in [0.29, 0.717) is 39.0 Å². The summed E-state index contributed by atoms with van der Waals surface area (Å²) in [6, 6.07) is 3.91. The van der Waals surface area contributed by atoms with Crippen LogP contribution in [0.2, 0.25) is 0 Å². The van der Waals surface area contributed by atoms with E-state index in [-0.39, 0.29) is 12.8 Å². The third kappa shape index (κ3) is 9.80. The summed E-state index contributed by atoms with van der Waals surface area (Å²) in [6.45, 7) is 1.35. The first-order valence-corrected chi connectivity index (χ1v) is 23.3. The minimum absolute atomic E-state index is 0.272. The average molecular weight is 843 g/mol. The Bertz CT molecular complexity index is 2090. The zero-order valence-corrected chi connectivity index (χ0v) is 34.9. The number of hydrogen-bond acceptors (Lipinski definition) is 11.